The van der Waals surface area contributed by atoms with E-state index in [0.29, 0.717) is 23.9 Å². The number of benzene rings is 2. The van der Waals surface area contributed by atoms with Crippen molar-refractivity contribution in [3.8, 4) is 0 Å². The molecular weight excluding hydrogens is 308 g/mol. The van der Waals surface area contributed by atoms with E-state index in [0.717, 1.165) is 16.9 Å². The van der Waals surface area contributed by atoms with Gasteiger partial charge in [0.15, 0.2) is 0 Å². The highest BCUT2D eigenvalue weighted by Gasteiger charge is 2.08. The smallest absolute Gasteiger partial charge is 0.226 e. The second-order valence-corrected chi connectivity index (χ2v) is 6.29. The molecule has 4 heteroatoms. The predicted octanol–water partition coefficient (Wildman–Crippen LogP) is 5.21. The number of carbonyl (C=O) groups excluding carboxylic acids is 1. The first kappa shape index (κ1) is 17.4. The summed E-state index contributed by atoms with van der Waals surface area (Å²) in [5.74, 6) is 0.423. The quantitative estimate of drug-likeness (QED) is 0.763. The van der Waals surface area contributed by atoms with Gasteiger partial charge in [0.2, 0.25) is 5.91 Å². The lowest BCUT2D eigenvalue weighted by atomic mass is 10.0. The summed E-state index contributed by atoms with van der Waals surface area (Å²) in [5, 5.41) is 6.92. The zero-order chi connectivity index (χ0) is 16.8. The second-order valence-electron chi connectivity index (χ2n) is 5.88. The van der Waals surface area contributed by atoms with Crippen LogP contribution in [0.15, 0.2) is 42.5 Å². The molecule has 0 aliphatic rings. The summed E-state index contributed by atoms with van der Waals surface area (Å²) < 4.78 is 0. The summed E-state index contributed by atoms with van der Waals surface area (Å²) >= 11 is 6.07. The molecule has 0 heterocycles. The van der Waals surface area contributed by atoms with Crippen LogP contribution in [-0.2, 0) is 4.79 Å². The molecule has 2 N–H and O–H groups in total. The summed E-state index contributed by atoms with van der Waals surface area (Å²) in [7, 11) is 0. The normalized spacial score (nSPS) is 10.7. The minimum absolute atomic E-state index is 0.0232. The molecule has 0 radical (unpaired) electrons. The standard InChI is InChI=1S/C19H23ClN2O/c1-13(2)15-7-4-5-9-18(15)21-12-11-19(23)22-17-10-6-8-16(20)14(17)3/h4-10,13,21H,11-12H2,1-3H3,(H,22,23). The summed E-state index contributed by atoms with van der Waals surface area (Å²) in [6.07, 6.45) is 0.401. The number of nitrogens with one attached hydrogen (secondary N) is 2. The van der Waals surface area contributed by atoms with Crippen molar-refractivity contribution in [2.24, 2.45) is 0 Å². The maximum Gasteiger partial charge on any atom is 0.226 e. The van der Waals surface area contributed by atoms with Gasteiger partial charge in [-0.3, -0.25) is 4.79 Å². The van der Waals surface area contributed by atoms with Crippen molar-refractivity contribution in [2.75, 3.05) is 17.2 Å². The van der Waals surface area contributed by atoms with Crippen LogP contribution in [0, 0.1) is 6.92 Å². The third-order valence-corrected chi connectivity index (χ3v) is 4.20. The largest absolute Gasteiger partial charge is 0.384 e. The number of halogens is 1. The Morgan fingerprint density at radius 1 is 1.09 bits per heavy atom. The number of para-hydroxylation sites is 1. The monoisotopic (exact) mass is 330 g/mol. The van der Waals surface area contributed by atoms with E-state index < -0.39 is 0 Å². The molecule has 0 saturated heterocycles. The third kappa shape index (κ3) is 4.73. The second kappa shape index (κ2) is 8.02. The molecule has 2 rings (SSSR count). The van der Waals surface area contributed by atoms with E-state index in [1.165, 1.54) is 5.56 Å². The number of carbonyl (C=O) groups is 1. The minimum Gasteiger partial charge on any atom is -0.384 e. The van der Waals surface area contributed by atoms with E-state index in [9.17, 15) is 4.79 Å². The molecule has 0 atom stereocenters. The van der Waals surface area contributed by atoms with Gasteiger partial charge in [-0.05, 0) is 42.2 Å². The van der Waals surface area contributed by atoms with Gasteiger partial charge in [-0.1, -0.05) is 49.7 Å². The molecule has 122 valence electrons. The zero-order valence-corrected chi connectivity index (χ0v) is 14.6. The van der Waals surface area contributed by atoms with Gasteiger partial charge < -0.3 is 10.6 Å². The minimum atomic E-state index is -0.0232. The van der Waals surface area contributed by atoms with Crippen molar-refractivity contribution in [3.63, 3.8) is 0 Å². The number of anilines is 2. The van der Waals surface area contributed by atoms with Crippen LogP contribution in [0.25, 0.3) is 0 Å². The van der Waals surface area contributed by atoms with Gasteiger partial charge in [-0.2, -0.15) is 0 Å². The van der Waals surface area contributed by atoms with Crippen molar-refractivity contribution in [2.45, 2.75) is 33.1 Å². The van der Waals surface area contributed by atoms with Crippen molar-refractivity contribution in [1.29, 1.82) is 0 Å². The predicted molar refractivity (Wildman–Crippen MR) is 98.5 cm³/mol. The lowest BCUT2D eigenvalue weighted by Gasteiger charge is -2.14. The molecule has 0 aliphatic carbocycles. The SMILES string of the molecule is Cc1c(Cl)cccc1NC(=O)CCNc1ccccc1C(C)C. The van der Waals surface area contributed by atoms with Crippen LogP contribution in [0.2, 0.25) is 5.02 Å². The first-order chi connectivity index (χ1) is 11.0. The summed E-state index contributed by atoms with van der Waals surface area (Å²) in [5.41, 5.74) is 4.01. The van der Waals surface area contributed by atoms with Crippen LogP contribution >= 0.6 is 11.6 Å². The first-order valence-electron chi connectivity index (χ1n) is 7.86. The van der Waals surface area contributed by atoms with Gasteiger partial charge in [-0.15, -0.1) is 0 Å². The molecule has 3 nitrogen and oxygen atoms in total. The fraction of sp³-hybridized carbons (Fsp3) is 0.316. The van der Waals surface area contributed by atoms with Gasteiger partial charge >= 0.3 is 0 Å². The molecule has 2 aromatic rings. The highest BCUT2D eigenvalue weighted by molar-refractivity contribution is 6.31. The Labute approximate surface area is 143 Å². The van der Waals surface area contributed by atoms with Crippen molar-refractivity contribution >= 4 is 28.9 Å². The van der Waals surface area contributed by atoms with Crippen LogP contribution in [0.1, 0.15) is 37.3 Å². The third-order valence-electron chi connectivity index (χ3n) is 3.79. The maximum absolute atomic E-state index is 12.1. The lowest BCUT2D eigenvalue weighted by molar-refractivity contribution is -0.115. The number of hydrogen-bond acceptors (Lipinski definition) is 2. The molecule has 0 fully saturated rings. The fourth-order valence-electron chi connectivity index (χ4n) is 2.43. The molecule has 0 aromatic heterocycles. The first-order valence-corrected chi connectivity index (χ1v) is 8.24. The van der Waals surface area contributed by atoms with Gasteiger partial charge in [0.1, 0.15) is 0 Å². The molecule has 0 spiro atoms. The van der Waals surface area contributed by atoms with Gasteiger partial charge in [0.25, 0.3) is 0 Å². The van der Waals surface area contributed by atoms with E-state index in [4.69, 9.17) is 11.6 Å². The van der Waals surface area contributed by atoms with Gasteiger partial charge in [0.05, 0.1) is 0 Å². The van der Waals surface area contributed by atoms with Crippen LogP contribution < -0.4 is 10.6 Å². The van der Waals surface area contributed by atoms with E-state index in [2.05, 4.69) is 30.5 Å². The Balaban J connectivity index is 1.89. The number of hydrogen-bond donors (Lipinski definition) is 2. The topological polar surface area (TPSA) is 41.1 Å². The maximum atomic E-state index is 12.1. The van der Waals surface area contributed by atoms with Crippen LogP contribution in [-0.4, -0.2) is 12.5 Å². The Morgan fingerprint density at radius 3 is 2.52 bits per heavy atom. The van der Waals surface area contributed by atoms with Crippen LogP contribution in [0.4, 0.5) is 11.4 Å². The van der Waals surface area contributed by atoms with E-state index in [-0.39, 0.29) is 5.91 Å². The molecule has 23 heavy (non-hydrogen) atoms. The summed E-state index contributed by atoms with van der Waals surface area (Å²) in [6.45, 7) is 6.81. The Bertz CT molecular complexity index is 683. The Hall–Kier alpha value is -2.00. The lowest BCUT2D eigenvalue weighted by Crippen LogP contribution is -2.17. The average molecular weight is 331 g/mol. The zero-order valence-electron chi connectivity index (χ0n) is 13.8. The molecule has 1 amide bonds. The Morgan fingerprint density at radius 2 is 1.78 bits per heavy atom. The number of rotatable bonds is 6. The molecule has 0 bridgehead atoms. The molecule has 0 saturated carbocycles. The molecule has 0 aliphatic heterocycles. The van der Waals surface area contributed by atoms with Crippen molar-refractivity contribution in [3.05, 3.63) is 58.6 Å². The van der Waals surface area contributed by atoms with Crippen LogP contribution in [0.3, 0.4) is 0 Å². The molecular formula is C19H23ClN2O. The van der Waals surface area contributed by atoms with E-state index in [1.807, 2.05) is 43.3 Å². The Kier molecular flexibility index (Phi) is 6.05. The highest BCUT2D eigenvalue weighted by atomic mass is 35.5. The van der Waals surface area contributed by atoms with Gasteiger partial charge in [0, 0.05) is 29.4 Å². The average Bonchev–Trinajstić information content (AvgIpc) is 2.52. The van der Waals surface area contributed by atoms with E-state index >= 15 is 0 Å². The van der Waals surface area contributed by atoms with Crippen LogP contribution in [0.5, 0.6) is 0 Å². The highest BCUT2D eigenvalue weighted by Crippen LogP contribution is 2.24. The molecule has 2 aromatic carbocycles. The number of amides is 1. The van der Waals surface area contributed by atoms with E-state index in [1.54, 1.807) is 0 Å². The van der Waals surface area contributed by atoms with Crippen molar-refractivity contribution < 1.29 is 4.79 Å². The fourth-order valence-corrected chi connectivity index (χ4v) is 2.60. The summed E-state index contributed by atoms with van der Waals surface area (Å²) in [4.78, 5) is 12.1. The van der Waals surface area contributed by atoms with Gasteiger partial charge in [-0.25, -0.2) is 0 Å². The molecule has 0 unspecified atom stereocenters. The van der Waals surface area contributed by atoms with Crippen molar-refractivity contribution in [1.82, 2.24) is 0 Å². The summed E-state index contributed by atoms with van der Waals surface area (Å²) in [6, 6.07) is 13.7.